The Morgan fingerprint density at radius 2 is 1.80 bits per heavy atom. The quantitative estimate of drug-likeness (QED) is 0.499. The average Bonchev–Trinajstić information content (AvgIpc) is 3.51. The molecule has 10 heteroatoms. The molecule has 3 N–H and O–H groups in total. The summed E-state index contributed by atoms with van der Waals surface area (Å²) < 4.78 is 27.3. The number of sulfonamides is 1. The van der Waals surface area contributed by atoms with E-state index in [9.17, 15) is 18.0 Å². The fraction of sp³-hybridized carbons (Fsp3) is 0.600. The number of nitrogens with zero attached hydrogens (tertiary/aromatic N) is 2. The number of carbonyl (C=O) groups excluding carboxylic acids is 1. The van der Waals surface area contributed by atoms with Gasteiger partial charge in [0.2, 0.25) is 0 Å². The maximum atomic E-state index is 12.7. The van der Waals surface area contributed by atoms with Crippen molar-refractivity contribution in [1.82, 2.24) is 14.5 Å². The number of rotatable bonds is 8. The number of aryl methyl sites for hydroxylation is 2. The Bertz CT molecular complexity index is 1100. The van der Waals surface area contributed by atoms with Gasteiger partial charge in [-0.05, 0) is 93.5 Å². The number of carbonyl (C=O) groups is 2. The Labute approximate surface area is 207 Å². The van der Waals surface area contributed by atoms with Crippen LogP contribution in [0.2, 0.25) is 0 Å². The fourth-order valence-electron chi connectivity index (χ4n) is 5.76. The highest BCUT2D eigenvalue weighted by Crippen LogP contribution is 2.38. The number of amides is 3. The van der Waals surface area contributed by atoms with Crippen LogP contribution in [0.5, 0.6) is 0 Å². The predicted octanol–water partition coefficient (Wildman–Crippen LogP) is 3.48. The molecule has 0 bridgehead atoms. The number of fused-ring (bicyclic) bond motifs is 2. The number of carboxylic acid groups (broad SMARTS) is 1. The van der Waals surface area contributed by atoms with Gasteiger partial charge >= 0.3 is 12.1 Å². The zero-order valence-corrected chi connectivity index (χ0v) is 21.4. The van der Waals surface area contributed by atoms with Crippen LogP contribution in [-0.2, 0) is 35.7 Å². The number of likely N-dealkylation sites (N-methyl/N-ethyl adjacent to an activating group) is 1. The van der Waals surface area contributed by atoms with E-state index < -0.39 is 22.1 Å². The number of urea groups is 1. The van der Waals surface area contributed by atoms with Crippen molar-refractivity contribution in [1.29, 1.82) is 0 Å². The molecular formula is C25H36N4O5S. The van der Waals surface area contributed by atoms with Crippen LogP contribution >= 0.6 is 0 Å². The van der Waals surface area contributed by atoms with Crippen molar-refractivity contribution >= 4 is 27.8 Å². The van der Waals surface area contributed by atoms with E-state index in [4.69, 9.17) is 5.11 Å². The predicted molar refractivity (Wildman–Crippen MR) is 135 cm³/mol. The van der Waals surface area contributed by atoms with Crippen molar-refractivity contribution < 1.29 is 23.1 Å². The molecule has 35 heavy (non-hydrogen) atoms. The first kappa shape index (κ1) is 25.5. The molecule has 0 unspecified atom stereocenters. The Balaban J connectivity index is 1.36. The number of hydrogen-bond donors (Lipinski definition) is 3. The SMILES string of the molecule is CN(CCN1CCC[C@]1(C)C/C=C/S(=O)(=O)NC(=O)Nc1c2c(cc3c1CCC3)CCC2)C(=O)O. The van der Waals surface area contributed by atoms with Crippen molar-refractivity contribution in [2.45, 2.75) is 70.3 Å². The smallest absolute Gasteiger partial charge is 0.407 e. The second kappa shape index (κ2) is 10.2. The molecule has 1 aromatic rings. The van der Waals surface area contributed by atoms with E-state index >= 15 is 0 Å². The van der Waals surface area contributed by atoms with Crippen molar-refractivity contribution in [3.05, 3.63) is 39.8 Å². The maximum absolute atomic E-state index is 12.7. The van der Waals surface area contributed by atoms with E-state index in [-0.39, 0.29) is 5.54 Å². The van der Waals surface area contributed by atoms with Gasteiger partial charge in [0.1, 0.15) is 0 Å². The number of benzene rings is 1. The molecule has 192 valence electrons. The highest BCUT2D eigenvalue weighted by Gasteiger charge is 2.35. The van der Waals surface area contributed by atoms with Gasteiger partial charge in [-0.15, -0.1) is 0 Å². The standard InChI is InChI=1S/C25H36N4O5S/c1-25(11-5-13-29(25)15-14-28(2)24(31)32)12-6-16-35(33,34)27-23(30)26-22-20-9-3-7-18(20)17-19-8-4-10-21(19)22/h6,16-17H,3-5,7-15H2,1-2H3,(H,31,32)(H2,26,27,30)/b16-6+/t25-/m1/s1. The zero-order chi connectivity index (χ0) is 25.2. The molecule has 3 aliphatic rings. The molecule has 2 aliphatic carbocycles. The van der Waals surface area contributed by atoms with Crippen molar-refractivity contribution in [2.24, 2.45) is 0 Å². The van der Waals surface area contributed by atoms with Crippen LogP contribution in [-0.4, -0.2) is 67.7 Å². The van der Waals surface area contributed by atoms with Gasteiger partial charge in [0.25, 0.3) is 10.0 Å². The molecule has 1 aliphatic heterocycles. The van der Waals surface area contributed by atoms with Gasteiger partial charge in [-0.25, -0.2) is 22.7 Å². The van der Waals surface area contributed by atoms with Crippen LogP contribution in [0.4, 0.5) is 15.3 Å². The van der Waals surface area contributed by atoms with Crippen molar-refractivity contribution in [3.63, 3.8) is 0 Å². The van der Waals surface area contributed by atoms with Gasteiger partial charge in [-0.1, -0.05) is 12.1 Å². The summed E-state index contributed by atoms with van der Waals surface area (Å²) in [5.41, 5.74) is 5.40. The molecule has 1 heterocycles. The molecule has 1 fully saturated rings. The third-order valence-electron chi connectivity index (χ3n) is 7.72. The fourth-order valence-corrected chi connectivity index (χ4v) is 6.48. The lowest BCUT2D eigenvalue weighted by Gasteiger charge is -2.35. The summed E-state index contributed by atoms with van der Waals surface area (Å²) in [6, 6.07) is 1.54. The lowest BCUT2D eigenvalue weighted by Crippen LogP contribution is -2.45. The molecule has 9 nitrogen and oxygen atoms in total. The third-order valence-corrected chi connectivity index (χ3v) is 8.74. The van der Waals surface area contributed by atoms with E-state index in [1.54, 1.807) is 6.08 Å². The summed E-state index contributed by atoms with van der Waals surface area (Å²) in [6.45, 7) is 3.89. The minimum Gasteiger partial charge on any atom is -0.465 e. The zero-order valence-electron chi connectivity index (χ0n) is 20.6. The largest absolute Gasteiger partial charge is 0.465 e. The van der Waals surface area contributed by atoms with Gasteiger partial charge in [-0.3, -0.25) is 4.90 Å². The normalized spacial score (nSPS) is 21.8. The first-order valence-corrected chi connectivity index (χ1v) is 14.0. The number of hydrogen-bond acceptors (Lipinski definition) is 5. The number of anilines is 1. The topological polar surface area (TPSA) is 119 Å². The minimum atomic E-state index is -3.95. The van der Waals surface area contributed by atoms with Crippen LogP contribution in [0.15, 0.2) is 17.6 Å². The monoisotopic (exact) mass is 504 g/mol. The molecule has 0 saturated carbocycles. The highest BCUT2D eigenvalue weighted by molar-refractivity contribution is 7.92. The van der Waals surface area contributed by atoms with Gasteiger partial charge in [-0.2, -0.15) is 0 Å². The summed E-state index contributed by atoms with van der Waals surface area (Å²) in [5, 5.41) is 13.0. The highest BCUT2D eigenvalue weighted by atomic mass is 32.2. The second-order valence-corrected chi connectivity index (χ2v) is 11.8. The molecular weight excluding hydrogens is 468 g/mol. The van der Waals surface area contributed by atoms with E-state index in [2.05, 4.69) is 27.9 Å². The summed E-state index contributed by atoms with van der Waals surface area (Å²) in [5.74, 6) is 0. The van der Waals surface area contributed by atoms with Gasteiger partial charge in [0.15, 0.2) is 0 Å². The minimum absolute atomic E-state index is 0.251. The lowest BCUT2D eigenvalue weighted by molar-refractivity contribution is 0.124. The Kier molecular flexibility index (Phi) is 7.42. The van der Waals surface area contributed by atoms with Gasteiger partial charge in [0, 0.05) is 36.8 Å². The molecule has 0 spiro atoms. The third kappa shape index (κ3) is 5.81. The van der Waals surface area contributed by atoms with E-state index in [1.165, 1.54) is 23.1 Å². The van der Waals surface area contributed by atoms with E-state index in [0.717, 1.165) is 80.1 Å². The molecule has 1 atom stereocenters. The average molecular weight is 505 g/mol. The van der Waals surface area contributed by atoms with Crippen LogP contribution in [0, 0.1) is 0 Å². The van der Waals surface area contributed by atoms with E-state index in [0.29, 0.717) is 19.5 Å². The van der Waals surface area contributed by atoms with Crippen LogP contribution in [0.3, 0.4) is 0 Å². The van der Waals surface area contributed by atoms with Gasteiger partial charge in [0.05, 0.1) is 0 Å². The van der Waals surface area contributed by atoms with Crippen LogP contribution < -0.4 is 10.0 Å². The first-order chi connectivity index (χ1) is 16.6. The number of nitrogens with one attached hydrogen (secondary N) is 2. The molecule has 0 radical (unpaired) electrons. The second-order valence-electron chi connectivity index (χ2n) is 10.2. The molecule has 1 saturated heterocycles. The van der Waals surface area contributed by atoms with Crippen LogP contribution in [0.25, 0.3) is 0 Å². The summed E-state index contributed by atoms with van der Waals surface area (Å²) in [6.07, 6.45) is 8.91. The maximum Gasteiger partial charge on any atom is 0.407 e. The Morgan fingerprint density at radius 1 is 1.14 bits per heavy atom. The summed E-state index contributed by atoms with van der Waals surface area (Å²) in [4.78, 5) is 27.2. The van der Waals surface area contributed by atoms with E-state index in [1.807, 2.05) is 0 Å². The van der Waals surface area contributed by atoms with Crippen LogP contribution in [0.1, 0.15) is 61.3 Å². The Morgan fingerprint density at radius 3 is 2.43 bits per heavy atom. The summed E-state index contributed by atoms with van der Waals surface area (Å²) >= 11 is 0. The molecule has 0 aromatic heterocycles. The van der Waals surface area contributed by atoms with Crippen molar-refractivity contribution in [3.8, 4) is 0 Å². The number of likely N-dealkylation sites (tertiary alicyclic amines) is 1. The molecule has 3 amide bonds. The van der Waals surface area contributed by atoms with Gasteiger partial charge < -0.3 is 15.3 Å². The summed E-state index contributed by atoms with van der Waals surface area (Å²) in [7, 11) is -2.41. The molecule has 4 rings (SSSR count). The molecule has 1 aromatic carbocycles. The van der Waals surface area contributed by atoms with Crippen molar-refractivity contribution in [2.75, 3.05) is 32.0 Å². The Hall–Kier alpha value is -2.59. The lowest BCUT2D eigenvalue weighted by atomic mass is 9.94. The first-order valence-electron chi connectivity index (χ1n) is 12.4.